The van der Waals surface area contributed by atoms with Gasteiger partial charge in [0.1, 0.15) is 29.6 Å². The molecular weight excluding hydrogens is 615 g/mol. The summed E-state index contributed by atoms with van der Waals surface area (Å²) < 4.78 is 83.6. The Hall–Kier alpha value is -3.77. The van der Waals surface area contributed by atoms with E-state index in [-0.39, 0.29) is 41.4 Å². The Morgan fingerprint density at radius 2 is 1.86 bits per heavy atom. The zero-order valence-corrected chi connectivity index (χ0v) is 25.7. The molecule has 0 radical (unpaired) electrons. The number of amides is 2. The van der Waals surface area contributed by atoms with E-state index in [2.05, 4.69) is 10.4 Å². The van der Waals surface area contributed by atoms with E-state index in [0.717, 1.165) is 22.5 Å². The number of anilines is 2. The van der Waals surface area contributed by atoms with Gasteiger partial charge in [0.05, 0.1) is 31.1 Å². The van der Waals surface area contributed by atoms with Gasteiger partial charge in [-0.05, 0) is 59.7 Å². The van der Waals surface area contributed by atoms with Crippen LogP contribution in [0.5, 0.6) is 11.6 Å². The highest BCUT2D eigenvalue weighted by Gasteiger charge is 2.54. The van der Waals surface area contributed by atoms with Crippen molar-refractivity contribution >= 4 is 33.4 Å². The molecular formula is C26H36F3N5O9S. The molecule has 0 fully saturated rings. The van der Waals surface area contributed by atoms with Crippen molar-refractivity contribution in [2.45, 2.75) is 75.9 Å². The number of aromatic nitrogens is 2. The fraction of sp³-hybridized carbons (Fsp3) is 0.577. The van der Waals surface area contributed by atoms with E-state index in [1.807, 2.05) is 0 Å². The monoisotopic (exact) mass is 651 g/mol. The smallest absolute Gasteiger partial charge is 0.412 e. The molecule has 0 saturated heterocycles. The number of rotatable bonds is 11. The van der Waals surface area contributed by atoms with Crippen LogP contribution in [0.1, 0.15) is 47.6 Å². The fourth-order valence-corrected chi connectivity index (χ4v) is 5.72. The lowest BCUT2D eigenvalue weighted by Gasteiger charge is -2.39. The van der Waals surface area contributed by atoms with Crippen molar-refractivity contribution in [2.75, 3.05) is 35.5 Å². The first-order valence-electron chi connectivity index (χ1n) is 13.4. The molecule has 4 N–H and O–H groups in total. The van der Waals surface area contributed by atoms with Gasteiger partial charge in [-0.1, -0.05) is 0 Å². The Labute approximate surface area is 252 Å². The van der Waals surface area contributed by atoms with Crippen molar-refractivity contribution < 1.29 is 56.0 Å². The predicted octanol–water partition coefficient (Wildman–Crippen LogP) is 2.50. The number of aliphatic hydroxyl groups excluding tert-OH is 1. The first-order chi connectivity index (χ1) is 20.1. The summed E-state index contributed by atoms with van der Waals surface area (Å²) in [4.78, 5) is 24.0. The van der Waals surface area contributed by atoms with Crippen LogP contribution in [0, 0.1) is 0 Å². The van der Waals surface area contributed by atoms with E-state index in [9.17, 15) is 46.5 Å². The summed E-state index contributed by atoms with van der Waals surface area (Å²) in [6, 6.07) is 2.79. The number of carbonyl (C=O) groups excluding carboxylic acids is 1. The molecule has 3 rings (SSSR count). The van der Waals surface area contributed by atoms with Gasteiger partial charge in [-0.2, -0.15) is 13.2 Å². The molecule has 44 heavy (non-hydrogen) atoms. The maximum Gasteiger partial charge on any atom is 0.412 e. The lowest BCUT2D eigenvalue weighted by atomic mass is 10.0. The largest absolute Gasteiger partial charge is 0.484 e. The number of halogens is 3. The first-order valence-corrected chi connectivity index (χ1v) is 14.8. The number of hydrogen-bond donors (Lipinski definition) is 4. The molecule has 2 aromatic rings. The van der Waals surface area contributed by atoms with Gasteiger partial charge in [-0.15, -0.1) is 5.10 Å². The van der Waals surface area contributed by atoms with Crippen molar-refractivity contribution in [3.8, 4) is 11.6 Å². The minimum Gasteiger partial charge on any atom is -0.484 e. The van der Waals surface area contributed by atoms with Crippen LogP contribution in [-0.4, -0.2) is 95.2 Å². The molecule has 0 unspecified atom stereocenters. The standard InChI is InChI=1S/C26H36F3N5O9S/c1-15(2)32-14-20(21(31-32)42-10-9-35)44(40,41)33-13-17(12-30-22(36)24(3,4)39)43-19-8-7-16(11-18(19)33)34(23(37)38)25(5,6)26(27,28)29/h7-8,11,14-15,17,35,39H,9-10,12-13H2,1-6H3,(H,30,36)(H,37,38)/t17-/m0/s1. The second-order valence-electron chi connectivity index (χ2n) is 11.3. The summed E-state index contributed by atoms with van der Waals surface area (Å²) in [5.41, 5.74) is -5.46. The summed E-state index contributed by atoms with van der Waals surface area (Å²) >= 11 is 0. The van der Waals surface area contributed by atoms with Gasteiger partial charge in [0.25, 0.3) is 21.8 Å². The number of carboxylic acid groups (broad SMARTS) is 1. The average molecular weight is 652 g/mol. The first kappa shape index (κ1) is 34.7. The number of aliphatic hydroxyl groups is 2. The number of carbonyl (C=O) groups is 2. The maximum absolute atomic E-state index is 14.2. The van der Waals surface area contributed by atoms with Crippen molar-refractivity contribution in [1.82, 2.24) is 15.1 Å². The predicted molar refractivity (Wildman–Crippen MR) is 151 cm³/mol. The van der Waals surface area contributed by atoms with E-state index in [1.165, 1.54) is 24.7 Å². The lowest BCUT2D eigenvalue weighted by molar-refractivity contribution is -0.175. The van der Waals surface area contributed by atoms with Crippen molar-refractivity contribution in [2.24, 2.45) is 0 Å². The topological polar surface area (TPSA) is 184 Å². The Balaban J connectivity index is 2.20. The molecule has 1 atom stereocenters. The van der Waals surface area contributed by atoms with E-state index in [0.29, 0.717) is 13.8 Å². The molecule has 246 valence electrons. The molecule has 18 heteroatoms. The zero-order valence-electron chi connectivity index (χ0n) is 24.9. The summed E-state index contributed by atoms with van der Waals surface area (Å²) in [5.74, 6) is -1.27. The normalized spacial score (nSPS) is 15.9. The number of fused-ring (bicyclic) bond motifs is 1. The zero-order chi connectivity index (χ0) is 33.4. The highest BCUT2D eigenvalue weighted by atomic mass is 32.2. The van der Waals surface area contributed by atoms with Gasteiger partial charge in [-0.25, -0.2) is 13.2 Å². The van der Waals surface area contributed by atoms with Gasteiger partial charge in [0.2, 0.25) is 0 Å². The Kier molecular flexibility index (Phi) is 9.72. The summed E-state index contributed by atoms with van der Waals surface area (Å²) in [6.45, 7) is 5.73. The highest BCUT2D eigenvalue weighted by molar-refractivity contribution is 7.93. The lowest BCUT2D eigenvalue weighted by Crippen LogP contribution is -2.57. The van der Waals surface area contributed by atoms with Gasteiger partial charge in [0, 0.05) is 12.2 Å². The average Bonchev–Trinajstić information content (AvgIpc) is 3.34. The number of ether oxygens (including phenoxy) is 2. The molecule has 0 spiro atoms. The van der Waals surface area contributed by atoms with Crippen LogP contribution in [0.15, 0.2) is 29.3 Å². The van der Waals surface area contributed by atoms with Crippen molar-refractivity contribution in [3.63, 3.8) is 0 Å². The molecule has 14 nitrogen and oxygen atoms in total. The number of nitrogens with one attached hydrogen (secondary N) is 1. The Morgan fingerprint density at radius 3 is 2.39 bits per heavy atom. The number of hydrogen-bond acceptors (Lipinski definition) is 9. The van der Waals surface area contributed by atoms with E-state index >= 15 is 0 Å². The second-order valence-corrected chi connectivity index (χ2v) is 13.1. The number of nitrogens with zero attached hydrogens (tertiary/aromatic N) is 4. The van der Waals surface area contributed by atoms with Crippen LogP contribution < -0.4 is 24.0 Å². The highest BCUT2D eigenvalue weighted by Crippen LogP contribution is 2.44. The molecule has 0 bridgehead atoms. The minimum absolute atomic E-state index is 0.0697. The third kappa shape index (κ3) is 6.96. The second kappa shape index (κ2) is 12.3. The molecule has 1 aromatic heterocycles. The molecule has 2 amide bonds. The fourth-order valence-electron chi connectivity index (χ4n) is 4.16. The molecule has 0 aliphatic carbocycles. The molecule has 0 saturated carbocycles. The van der Waals surface area contributed by atoms with Gasteiger partial charge >= 0.3 is 12.3 Å². The van der Waals surface area contributed by atoms with E-state index in [4.69, 9.17) is 9.47 Å². The third-order valence-electron chi connectivity index (χ3n) is 6.72. The summed E-state index contributed by atoms with van der Waals surface area (Å²) in [6.07, 6.45) is -6.81. The molecule has 2 heterocycles. The number of alkyl halides is 3. The van der Waals surface area contributed by atoms with Crippen LogP contribution in [0.4, 0.5) is 29.3 Å². The van der Waals surface area contributed by atoms with Crippen molar-refractivity contribution in [3.05, 3.63) is 24.4 Å². The maximum atomic E-state index is 14.2. The van der Waals surface area contributed by atoms with Crippen molar-refractivity contribution in [1.29, 1.82) is 0 Å². The van der Waals surface area contributed by atoms with Crippen LogP contribution in [0.3, 0.4) is 0 Å². The third-order valence-corrected chi connectivity index (χ3v) is 8.48. The van der Waals surface area contributed by atoms with Gasteiger partial charge in [0.15, 0.2) is 4.90 Å². The molecule has 1 aromatic carbocycles. The van der Waals surface area contributed by atoms with E-state index in [1.54, 1.807) is 13.8 Å². The van der Waals surface area contributed by atoms with Crippen LogP contribution >= 0.6 is 0 Å². The quantitative estimate of drug-likeness (QED) is 0.282. The minimum atomic E-state index is -5.00. The molecule has 1 aliphatic heterocycles. The van der Waals surface area contributed by atoms with Crippen LogP contribution in [-0.2, 0) is 14.8 Å². The van der Waals surface area contributed by atoms with Crippen LogP contribution in [0.2, 0.25) is 0 Å². The number of benzene rings is 1. The number of sulfonamides is 1. The van der Waals surface area contributed by atoms with E-state index < -0.39 is 69.2 Å². The van der Waals surface area contributed by atoms with Crippen LogP contribution in [0.25, 0.3) is 0 Å². The molecule has 1 aliphatic rings. The van der Waals surface area contributed by atoms with Gasteiger partial charge in [-0.3, -0.25) is 18.7 Å². The van der Waals surface area contributed by atoms with Gasteiger partial charge < -0.3 is 30.1 Å². The Bertz CT molecular complexity index is 1490. The Morgan fingerprint density at radius 1 is 1.23 bits per heavy atom. The SMILES string of the molecule is CC(C)n1cc(S(=O)(=O)N2C[C@H](CNC(=O)C(C)(C)O)Oc3ccc(N(C(=O)O)C(C)(C)C(F)(F)F)cc32)c(OCCO)n1. The summed E-state index contributed by atoms with van der Waals surface area (Å²) in [7, 11) is -4.66. The summed E-state index contributed by atoms with van der Waals surface area (Å²) in [5, 5.41) is 35.6.